The van der Waals surface area contributed by atoms with Crippen LogP contribution in [0.1, 0.15) is 50.2 Å². The van der Waals surface area contributed by atoms with E-state index in [1.807, 2.05) is 0 Å². The summed E-state index contributed by atoms with van der Waals surface area (Å²) in [6.45, 7) is 2.75. The number of nitrogens with one attached hydrogen (secondary N) is 1. The van der Waals surface area contributed by atoms with Crippen molar-refractivity contribution in [2.24, 2.45) is 3.21 Å². The van der Waals surface area contributed by atoms with Gasteiger partial charge in [0.2, 0.25) is 0 Å². The normalized spacial score (nSPS) is 14.7. The monoisotopic (exact) mass is 635 g/mol. The number of H-pyrrole nitrogens is 1. The Bertz CT molecular complexity index is 1420. The van der Waals surface area contributed by atoms with Crippen LogP contribution in [0.3, 0.4) is 0 Å². The van der Waals surface area contributed by atoms with Crippen LogP contribution in [-0.4, -0.2) is 25.3 Å². The van der Waals surface area contributed by atoms with Gasteiger partial charge in [0, 0.05) is 0 Å². The van der Waals surface area contributed by atoms with E-state index in [0.29, 0.717) is 29.4 Å². The summed E-state index contributed by atoms with van der Waals surface area (Å²) in [4.78, 5) is 32.9. The van der Waals surface area contributed by atoms with E-state index in [2.05, 4.69) is 24.2 Å². The van der Waals surface area contributed by atoms with Gasteiger partial charge in [-0.3, -0.25) is 0 Å². The number of hydrogen-bond donors (Lipinski definition) is 1. The second kappa shape index (κ2) is 11.3. The number of aromatic amines is 1. The number of fused-ring (bicyclic) bond motifs is 1. The molecule has 4 rings (SSSR count). The average molecular weight is 636 g/mol. The molecule has 0 aliphatic carbocycles. The van der Waals surface area contributed by atoms with Crippen LogP contribution < -0.4 is 11.2 Å². The zero-order valence-electron chi connectivity index (χ0n) is 19.6. The summed E-state index contributed by atoms with van der Waals surface area (Å²) >= 11 is 4.04. The first-order valence-corrected chi connectivity index (χ1v) is 15.7. The van der Waals surface area contributed by atoms with Gasteiger partial charge in [-0.2, -0.15) is 0 Å². The predicted octanol–water partition coefficient (Wildman–Crippen LogP) is 6.12. The van der Waals surface area contributed by atoms with Gasteiger partial charge in [0.25, 0.3) is 0 Å². The minimum atomic E-state index is -4.36. The van der Waals surface area contributed by atoms with E-state index >= 15 is 0 Å². The number of aromatic nitrogens is 4. The molecule has 3 aromatic rings. The van der Waals surface area contributed by atoms with E-state index in [1.54, 1.807) is 12.3 Å². The predicted molar refractivity (Wildman–Crippen MR) is 144 cm³/mol. The number of halogens is 5. The number of allylic oxidation sites excluding steroid dienone is 1. The number of nitrogens with zero attached hydrogens (tertiary/aromatic N) is 4. The van der Waals surface area contributed by atoms with Crippen molar-refractivity contribution in [3.05, 3.63) is 71.2 Å². The quantitative estimate of drug-likeness (QED) is 0.126. The summed E-state index contributed by atoms with van der Waals surface area (Å²) in [6.07, 6.45) is 1.31. The van der Waals surface area contributed by atoms with E-state index < -0.39 is 43.1 Å². The van der Waals surface area contributed by atoms with Gasteiger partial charge < -0.3 is 0 Å². The molecule has 0 radical (unpaired) electrons. The second-order valence-electron chi connectivity index (χ2n) is 8.54. The van der Waals surface area contributed by atoms with Crippen LogP contribution in [0, 0.1) is 0 Å². The summed E-state index contributed by atoms with van der Waals surface area (Å²) in [5.41, 5.74) is 0.613. The van der Waals surface area contributed by atoms with E-state index in [4.69, 9.17) is 11.6 Å². The Morgan fingerprint density at radius 3 is 2.64 bits per heavy atom. The van der Waals surface area contributed by atoms with Gasteiger partial charge in [0.1, 0.15) is 0 Å². The van der Waals surface area contributed by atoms with Crippen molar-refractivity contribution in [2.45, 2.75) is 62.7 Å². The Kier molecular flexibility index (Phi) is 8.38. The van der Waals surface area contributed by atoms with Gasteiger partial charge in [-0.25, -0.2) is 0 Å². The molecule has 0 bridgehead atoms. The molecule has 0 saturated carbocycles. The molecule has 0 atom stereocenters. The summed E-state index contributed by atoms with van der Waals surface area (Å²) in [5.74, 6) is 0. The number of aryl methyl sites for hydroxylation is 1. The fourth-order valence-electron chi connectivity index (χ4n) is 4.02. The first-order valence-electron chi connectivity index (χ1n) is 11.6. The Hall–Kier alpha value is -2.41. The van der Waals surface area contributed by atoms with Gasteiger partial charge in [-0.15, -0.1) is 0 Å². The molecule has 7 nitrogen and oxygen atoms in total. The Balaban J connectivity index is 1.43. The van der Waals surface area contributed by atoms with Gasteiger partial charge in [0.15, 0.2) is 0 Å². The third kappa shape index (κ3) is 6.10. The molecule has 0 spiro atoms. The maximum absolute atomic E-state index is 13.1. The molecule has 2 aromatic heterocycles. The standard InChI is InChI=1S/C24H26ClF3IN5O2/c1-2-3-4-10-33-20-19(31-22(25)32-20)21(35)34(23(33)36)11-6-8-17-14-29(30-15-17)13-16-7-5-9-18(12-16)24(26,27)28/h5,7,9,12,14-15H,2-4,6,8,10-11,13H2,1H3,(H,31,32). The zero-order chi connectivity index (χ0) is 25.9. The molecule has 0 unspecified atom stereocenters. The van der Waals surface area contributed by atoms with Crippen LogP contribution in [0.15, 0.2) is 46.7 Å². The maximum atomic E-state index is 13.1. The van der Waals surface area contributed by atoms with Crippen molar-refractivity contribution in [1.29, 1.82) is 0 Å². The molecule has 0 amide bonds. The SMILES string of the molecule is CCCCCn1c(=O)n(CCCC2=CI(Cc3cccc(C(F)(F)F)c3)N=C2)c(=O)c2[nH]c(Cl)nc21. The molecule has 1 aliphatic heterocycles. The van der Waals surface area contributed by atoms with Gasteiger partial charge >= 0.3 is 212 Å². The summed E-state index contributed by atoms with van der Waals surface area (Å²) < 4.78 is 48.8. The van der Waals surface area contributed by atoms with Gasteiger partial charge in [-0.05, 0) is 0 Å². The van der Waals surface area contributed by atoms with Crippen LogP contribution in [0.2, 0.25) is 5.28 Å². The number of unbranched alkanes of at least 4 members (excludes halogenated alkanes) is 2. The van der Waals surface area contributed by atoms with Gasteiger partial charge in [0.05, 0.1) is 0 Å². The van der Waals surface area contributed by atoms with Crippen molar-refractivity contribution in [2.75, 3.05) is 0 Å². The summed E-state index contributed by atoms with van der Waals surface area (Å²) in [5, 5.41) is 0.0632. The minimum absolute atomic E-state index is 0.0632. The van der Waals surface area contributed by atoms with Crippen LogP contribution in [0.5, 0.6) is 0 Å². The molecule has 36 heavy (non-hydrogen) atoms. The van der Waals surface area contributed by atoms with Crippen LogP contribution in [-0.2, 0) is 23.7 Å². The van der Waals surface area contributed by atoms with Crippen molar-refractivity contribution in [3.63, 3.8) is 0 Å². The Morgan fingerprint density at radius 2 is 1.89 bits per heavy atom. The van der Waals surface area contributed by atoms with Crippen molar-refractivity contribution in [1.82, 2.24) is 19.1 Å². The Morgan fingerprint density at radius 1 is 1.11 bits per heavy atom. The van der Waals surface area contributed by atoms with Gasteiger partial charge in [-0.1, -0.05) is 6.92 Å². The number of hydrogen-bond acceptors (Lipinski definition) is 4. The van der Waals surface area contributed by atoms with E-state index in [0.717, 1.165) is 30.9 Å². The molecular formula is C24H26ClF3IN5O2. The molecule has 1 N–H and O–H groups in total. The molecule has 3 heterocycles. The topological polar surface area (TPSA) is 85.0 Å². The number of imidazole rings is 1. The summed E-state index contributed by atoms with van der Waals surface area (Å²) in [7, 11) is 0. The second-order valence-corrected chi connectivity index (χ2v) is 13.0. The van der Waals surface area contributed by atoms with Crippen molar-refractivity contribution in [3.8, 4) is 0 Å². The fraction of sp³-hybridized carbons (Fsp3) is 0.417. The van der Waals surface area contributed by atoms with E-state index in [-0.39, 0.29) is 23.0 Å². The molecular weight excluding hydrogens is 610 g/mol. The average Bonchev–Trinajstić information content (AvgIpc) is 3.44. The first kappa shape index (κ1) is 26.6. The number of alkyl halides is 4. The molecule has 0 fully saturated rings. The van der Waals surface area contributed by atoms with Crippen LogP contribution >= 0.6 is 31.7 Å². The van der Waals surface area contributed by atoms with E-state index in [9.17, 15) is 22.8 Å². The molecule has 1 aromatic carbocycles. The number of benzene rings is 1. The summed E-state index contributed by atoms with van der Waals surface area (Å²) in [6, 6.07) is 5.38. The molecule has 194 valence electrons. The fourth-order valence-corrected chi connectivity index (χ4v) is 8.26. The first-order chi connectivity index (χ1) is 17.2. The van der Waals surface area contributed by atoms with Crippen LogP contribution in [0.4, 0.5) is 13.2 Å². The number of rotatable bonds is 10. The Labute approximate surface area is 217 Å². The zero-order valence-corrected chi connectivity index (χ0v) is 22.5. The van der Waals surface area contributed by atoms with E-state index in [1.165, 1.54) is 21.3 Å². The third-order valence-corrected chi connectivity index (χ3v) is 10.2. The molecule has 1 aliphatic rings. The van der Waals surface area contributed by atoms with Crippen molar-refractivity contribution < 1.29 is 13.2 Å². The van der Waals surface area contributed by atoms with Crippen LogP contribution in [0.25, 0.3) is 11.2 Å². The molecule has 12 heteroatoms. The third-order valence-electron chi connectivity index (χ3n) is 5.82. The molecule has 0 saturated heterocycles. The van der Waals surface area contributed by atoms with Crippen molar-refractivity contribution >= 4 is 49.1 Å².